The summed E-state index contributed by atoms with van der Waals surface area (Å²) in [4.78, 5) is 11.5. The van der Waals surface area contributed by atoms with Gasteiger partial charge in [-0.15, -0.1) is 0 Å². The van der Waals surface area contributed by atoms with Crippen molar-refractivity contribution in [2.75, 3.05) is 6.54 Å². The molecule has 0 aliphatic rings. The van der Waals surface area contributed by atoms with Gasteiger partial charge in [-0.2, -0.15) is 0 Å². The number of hydrogen-bond donors (Lipinski definition) is 3. The van der Waals surface area contributed by atoms with E-state index < -0.39 is 18.0 Å². The third-order valence-corrected chi connectivity index (χ3v) is 4.30. The van der Waals surface area contributed by atoms with Crippen molar-refractivity contribution in [2.24, 2.45) is 5.92 Å². The molecule has 0 saturated carbocycles. The number of aliphatic hydroxyl groups is 1. The Hall–Kier alpha value is -1.89. The molecule has 1 aromatic heterocycles. The molecule has 0 aliphatic carbocycles. The molecule has 0 spiro atoms. The van der Waals surface area contributed by atoms with E-state index in [1.165, 1.54) is 6.07 Å². The maximum absolute atomic E-state index is 11.5. The van der Waals surface area contributed by atoms with Crippen LogP contribution >= 0.6 is 11.6 Å². The van der Waals surface area contributed by atoms with Crippen LogP contribution < -0.4 is 5.32 Å². The van der Waals surface area contributed by atoms with Gasteiger partial charge in [-0.3, -0.25) is 4.79 Å². The highest BCUT2D eigenvalue weighted by Gasteiger charge is 2.31. The number of aliphatic hydroxyl groups excluding tert-OH is 1. The number of aliphatic carboxylic acids is 1. The maximum atomic E-state index is 11.5. The second-order valence-electron chi connectivity index (χ2n) is 5.70. The van der Waals surface area contributed by atoms with Crippen LogP contribution in [0.3, 0.4) is 0 Å². The van der Waals surface area contributed by atoms with Crippen molar-refractivity contribution in [1.29, 1.82) is 0 Å². The lowest BCUT2D eigenvalue weighted by molar-refractivity contribution is -0.146. The molecule has 24 heavy (non-hydrogen) atoms. The molecule has 6 nitrogen and oxygen atoms in total. The molecule has 1 aromatic carbocycles. The van der Waals surface area contributed by atoms with Gasteiger partial charge >= 0.3 is 5.97 Å². The molecule has 7 heteroatoms. The predicted molar refractivity (Wildman–Crippen MR) is 90.8 cm³/mol. The van der Waals surface area contributed by atoms with E-state index in [0.717, 1.165) is 6.42 Å². The number of hydrogen-bond acceptors (Lipinski definition) is 5. The van der Waals surface area contributed by atoms with E-state index in [0.29, 0.717) is 16.3 Å². The van der Waals surface area contributed by atoms with Gasteiger partial charge < -0.3 is 20.1 Å². The molecule has 2 rings (SSSR count). The average molecular weight is 353 g/mol. The second kappa shape index (κ2) is 8.28. The Morgan fingerprint density at radius 2 is 2.12 bits per heavy atom. The van der Waals surface area contributed by atoms with E-state index in [4.69, 9.17) is 16.1 Å². The van der Waals surface area contributed by atoms with E-state index in [-0.39, 0.29) is 18.3 Å². The lowest BCUT2D eigenvalue weighted by Gasteiger charge is -2.19. The second-order valence-corrected chi connectivity index (χ2v) is 6.11. The molecule has 3 atom stereocenters. The highest BCUT2D eigenvalue weighted by Crippen LogP contribution is 2.30. The molecule has 3 N–H and O–H groups in total. The molecule has 0 bridgehead atoms. The van der Waals surface area contributed by atoms with Gasteiger partial charge in [0.1, 0.15) is 17.7 Å². The molecular formula is C17H21ClN2O4. The average Bonchev–Trinajstić information content (AvgIpc) is 3.04. The van der Waals surface area contributed by atoms with E-state index in [1.54, 1.807) is 18.2 Å². The largest absolute Gasteiger partial charge is 0.481 e. The first kappa shape index (κ1) is 18.4. The number of carboxylic acid groups (broad SMARTS) is 1. The fourth-order valence-electron chi connectivity index (χ4n) is 2.23. The highest BCUT2D eigenvalue weighted by atomic mass is 35.5. The first-order chi connectivity index (χ1) is 11.4. The van der Waals surface area contributed by atoms with Crippen LogP contribution in [-0.4, -0.2) is 33.9 Å². The predicted octanol–water partition coefficient (Wildman–Crippen LogP) is 3.12. The fourth-order valence-corrected chi connectivity index (χ4v) is 2.46. The molecule has 0 fully saturated rings. The minimum atomic E-state index is -1.30. The number of nitrogens with one attached hydrogen (secondary N) is 1. The van der Waals surface area contributed by atoms with Crippen LogP contribution in [0.5, 0.6) is 0 Å². The van der Waals surface area contributed by atoms with E-state index >= 15 is 0 Å². The van der Waals surface area contributed by atoms with Gasteiger partial charge in [0.05, 0.1) is 5.02 Å². The molecule has 130 valence electrons. The summed E-state index contributed by atoms with van der Waals surface area (Å²) in [6.45, 7) is 4.08. The number of nitrogens with zero attached hydrogens (tertiary/aromatic N) is 1. The van der Waals surface area contributed by atoms with Crippen molar-refractivity contribution >= 4 is 17.6 Å². The first-order valence-corrected chi connectivity index (χ1v) is 8.17. The SMILES string of the molecule is CCC(C)NCC(C(=O)O)C(O)c1cc(-c2ccccc2Cl)no1. The van der Waals surface area contributed by atoms with Crippen LogP contribution in [0.4, 0.5) is 0 Å². The zero-order chi connectivity index (χ0) is 17.7. The maximum Gasteiger partial charge on any atom is 0.310 e. The Labute approximate surface area is 145 Å². The van der Waals surface area contributed by atoms with Crippen LogP contribution in [-0.2, 0) is 4.79 Å². The van der Waals surface area contributed by atoms with Crippen molar-refractivity contribution in [3.8, 4) is 11.3 Å². The molecule has 0 amide bonds. The Kier molecular flexibility index (Phi) is 6.36. The van der Waals surface area contributed by atoms with Crippen LogP contribution in [0, 0.1) is 5.92 Å². The topological polar surface area (TPSA) is 95.6 Å². The standard InChI is InChI=1S/C17H21ClN2O4/c1-3-10(2)19-9-12(17(22)23)16(21)15-8-14(20-24-15)11-6-4-5-7-13(11)18/h4-8,10,12,16,19,21H,3,9H2,1-2H3,(H,22,23). The van der Waals surface area contributed by atoms with Crippen LogP contribution in [0.2, 0.25) is 5.02 Å². The number of rotatable bonds is 8. The lowest BCUT2D eigenvalue weighted by atomic mass is 9.99. The third kappa shape index (κ3) is 4.35. The minimum Gasteiger partial charge on any atom is -0.481 e. The number of benzene rings is 1. The Balaban J connectivity index is 2.17. The first-order valence-electron chi connectivity index (χ1n) is 7.79. The van der Waals surface area contributed by atoms with Crippen LogP contribution in [0.25, 0.3) is 11.3 Å². The molecular weight excluding hydrogens is 332 g/mol. The molecule has 0 aliphatic heterocycles. The Bertz CT molecular complexity index is 689. The monoisotopic (exact) mass is 352 g/mol. The Morgan fingerprint density at radius 3 is 2.75 bits per heavy atom. The zero-order valence-corrected chi connectivity index (χ0v) is 14.3. The van der Waals surface area contributed by atoms with Crippen LogP contribution in [0.1, 0.15) is 32.1 Å². The summed E-state index contributed by atoms with van der Waals surface area (Å²) >= 11 is 6.11. The summed E-state index contributed by atoms with van der Waals surface area (Å²) < 4.78 is 5.15. The highest BCUT2D eigenvalue weighted by molar-refractivity contribution is 6.33. The summed E-state index contributed by atoms with van der Waals surface area (Å²) in [5.41, 5.74) is 1.11. The molecule has 0 saturated heterocycles. The summed E-state index contributed by atoms with van der Waals surface area (Å²) in [6.07, 6.45) is -0.440. The summed E-state index contributed by atoms with van der Waals surface area (Å²) in [5, 5.41) is 27.2. The number of carboxylic acids is 1. The van der Waals surface area contributed by atoms with E-state index in [2.05, 4.69) is 10.5 Å². The van der Waals surface area contributed by atoms with Gasteiger partial charge in [0, 0.05) is 24.2 Å². The van der Waals surface area contributed by atoms with Crippen molar-refractivity contribution < 1.29 is 19.5 Å². The van der Waals surface area contributed by atoms with Crippen molar-refractivity contribution in [1.82, 2.24) is 10.5 Å². The third-order valence-electron chi connectivity index (χ3n) is 3.97. The zero-order valence-electron chi connectivity index (χ0n) is 13.6. The number of carbonyl (C=O) groups is 1. The van der Waals surface area contributed by atoms with Crippen molar-refractivity contribution in [3.63, 3.8) is 0 Å². The van der Waals surface area contributed by atoms with E-state index in [1.807, 2.05) is 19.9 Å². The summed E-state index contributed by atoms with van der Waals surface area (Å²) in [6, 6.07) is 8.77. The fraction of sp³-hybridized carbons (Fsp3) is 0.412. The molecule has 3 unspecified atom stereocenters. The molecule has 0 radical (unpaired) electrons. The van der Waals surface area contributed by atoms with Gasteiger partial charge in [0.2, 0.25) is 0 Å². The summed E-state index contributed by atoms with van der Waals surface area (Å²) in [7, 11) is 0. The van der Waals surface area contributed by atoms with Crippen molar-refractivity contribution in [3.05, 3.63) is 41.1 Å². The van der Waals surface area contributed by atoms with Crippen molar-refractivity contribution in [2.45, 2.75) is 32.4 Å². The van der Waals surface area contributed by atoms with E-state index in [9.17, 15) is 15.0 Å². The Morgan fingerprint density at radius 1 is 1.42 bits per heavy atom. The summed E-state index contributed by atoms with van der Waals surface area (Å²) in [5.74, 6) is -2.04. The lowest BCUT2D eigenvalue weighted by Crippen LogP contribution is -2.37. The number of aromatic nitrogens is 1. The normalized spacial score (nSPS) is 15.0. The van der Waals surface area contributed by atoms with Gasteiger partial charge in [0.15, 0.2) is 5.76 Å². The van der Waals surface area contributed by atoms with Gasteiger partial charge in [-0.05, 0) is 19.4 Å². The number of halogens is 1. The van der Waals surface area contributed by atoms with Crippen LogP contribution in [0.15, 0.2) is 34.9 Å². The minimum absolute atomic E-state index is 0.100. The smallest absolute Gasteiger partial charge is 0.310 e. The molecule has 1 heterocycles. The van der Waals surface area contributed by atoms with Gasteiger partial charge in [-0.25, -0.2) is 0 Å². The van der Waals surface area contributed by atoms with Gasteiger partial charge in [0.25, 0.3) is 0 Å². The molecule has 2 aromatic rings. The van der Waals surface area contributed by atoms with Gasteiger partial charge in [-0.1, -0.05) is 41.9 Å². The quantitative estimate of drug-likeness (QED) is 0.675.